The molecule has 0 fully saturated rings. The van der Waals surface area contributed by atoms with Crippen LogP contribution in [0.25, 0.3) is 10.9 Å². The fourth-order valence-electron chi connectivity index (χ4n) is 2.26. The summed E-state index contributed by atoms with van der Waals surface area (Å²) in [5, 5.41) is 1.02. The Morgan fingerprint density at radius 3 is 2.78 bits per heavy atom. The number of aromatic amines is 1. The van der Waals surface area contributed by atoms with Gasteiger partial charge in [0.05, 0.1) is 6.54 Å². The minimum atomic E-state index is 0.197. The Hall–Kier alpha value is -1.61. The number of carbonyl (C=O) groups excluding carboxylic acids is 1. The monoisotopic (exact) mass is 244 g/mol. The second kappa shape index (κ2) is 5.83. The van der Waals surface area contributed by atoms with E-state index >= 15 is 0 Å². The van der Waals surface area contributed by atoms with Gasteiger partial charge in [-0.3, -0.25) is 9.69 Å². The van der Waals surface area contributed by atoms with Crippen LogP contribution in [0.3, 0.4) is 0 Å². The van der Waals surface area contributed by atoms with E-state index in [0.29, 0.717) is 6.54 Å². The number of hydrogen-bond acceptors (Lipinski definition) is 2. The van der Waals surface area contributed by atoms with Crippen molar-refractivity contribution in [3.8, 4) is 0 Å². The Morgan fingerprint density at radius 1 is 1.28 bits per heavy atom. The number of likely N-dealkylation sites (N-methyl/N-ethyl adjacent to an activating group) is 1. The van der Waals surface area contributed by atoms with E-state index in [1.807, 2.05) is 30.5 Å². The molecule has 0 radical (unpaired) electrons. The zero-order valence-electron chi connectivity index (χ0n) is 11.1. The van der Waals surface area contributed by atoms with E-state index in [9.17, 15) is 4.79 Å². The van der Waals surface area contributed by atoms with Gasteiger partial charge in [-0.05, 0) is 25.6 Å². The number of H-pyrrole nitrogens is 1. The minimum Gasteiger partial charge on any atom is -0.360 e. The van der Waals surface area contributed by atoms with E-state index in [1.165, 1.54) is 0 Å². The molecule has 0 spiro atoms. The van der Waals surface area contributed by atoms with Crippen molar-refractivity contribution in [2.75, 3.05) is 19.6 Å². The molecular formula is C15H20N2O. The van der Waals surface area contributed by atoms with Crippen molar-refractivity contribution in [1.29, 1.82) is 0 Å². The Bertz CT molecular complexity index is 530. The predicted molar refractivity (Wildman–Crippen MR) is 75.0 cm³/mol. The van der Waals surface area contributed by atoms with Gasteiger partial charge in [0.15, 0.2) is 5.78 Å². The van der Waals surface area contributed by atoms with Gasteiger partial charge in [0.2, 0.25) is 0 Å². The van der Waals surface area contributed by atoms with Gasteiger partial charge in [-0.25, -0.2) is 0 Å². The average molecular weight is 244 g/mol. The first kappa shape index (κ1) is 12.8. The molecule has 0 atom stereocenters. The first-order chi connectivity index (χ1) is 8.76. The first-order valence-electron chi connectivity index (χ1n) is 6.58. The van der Waals surface area contributed by atoms with Crippen LogP contribution in [0.4, 0.5) is 0 Å². The molecule has 2 rings (SSSR count). The lowest BCUT2D eigenvalue weighted by Gasteiger charge is -2.18. The van der Waals surface area contributed by atoms with E-state index < -0.39 is 0 Å². The molecule has 1 aromatic heterocycles. The second-order valence-corrected chi connectivity index (χ2v) is 4.54. The zero-order chi connectivity index (χ0) is 13.0. The summed E-state index contributed by atoms with van der Waals surface area (Å²) in [7, 11) is 0. The van der Waals surface area contributed by atoms with Gasteiger partial charge in [-0.1, -0.05) is 32.0 Å². The fourth-order valence-corrected chi connectivity index (χ4v) is 2.26. The van der Waals surface area contributed by atoms with Gasteiger partial charge >= 0.3 is 0 Å². The molecule has 3 heteroatoms. The maximum atomic E-state index is 12.3. The highest BCUT2D eigenvalue weighted by molar-refractivity contribution is 6.08. The largest absolute Gasteiger partial charge is 0.360 e. The Balaban J connectivity index is 2.18. The van der Waals surface area contributed by atoms with E-state index in [4.69, 9.17) is 0 Å². The van der Waals surface area contributed by atoms with Gasteiger partial charge in [0.25, 0.3) is 0 Å². The number of ketones is 1. The molecule has 1 aromatic carbocycles. The lowest BCUT2D eigenvalue weighted by Crippen LogP contribution is -2.30. The number of para-hydroxylation sites is 1. The quantitative estimate of drug-likeness (QED) is 0.793. The summed E-state index contributed by atoms with van der Waals surface area (Å²) in [6.07, 6.45) is 2.90. The number of nitrogens with zero attached hydrogens (tertiary/aromatic N) is 1. The van der Waals surface area contributed by atoms with Crippen LogP contribution in [-0.4, -0.2) is 35.3 Å². The summed E-state index contributed by atoms with van der Waals surface area (Å²) in [4.78, 5) is 17.6. The summed E-state index contributed by atoms with van der Waals surface area (Å²) >= 11 is 0. The number of nitrogens with one attached hydrogen (secondary N) is 1. The smallest absolute Gasteiger partial charge is 0.178 e. The predicted octanol–water partition coefficient (Wildman–Crippen LogP) is 3.08. The SMILES string of the molecule is CCCN(CC)CC(=O)c1c[nH]c2ccccc12. The lowest BCUT2D eigenvalue weighted by molar-refractivity contribution is 0.0936. The zero-order valence-corrected chi connectivity index (χ0v) is 11.1. The standard InChI is InChI=1S/C15H20N2O/c1-3-9-17(4-2)11-15(18)13-10-16-14-8-6-5-7-12(13)14/h5-8,10,16H,3-4,9,11H2,1-2H3. The topological polar surface area (TPSA) is 36.1 Å². The van der Waals surface area contributed by atoms with Gasteiger partial charge < -0.3 is 4.98 Å². The number of hydrogen-bond donors (Lipinski definition) is 1. The van der Waals surface area contributed by atoms with Crippen LogP contribution in [0.5, 0.6) is 0 Å². The Kier molecular flexibility index (Phi) is 4.15. The first-order valence-corrected chi connectivity index (χ1v) is 6.58. The van der Waals surface area contributed by atoms with Crippen LogP contribution in [-0.2, 0) is 0 Å². The summed E-state index contributed by atoms with van der Waals surface area (Å²) < 4.78 is 0. The Labute approximate surface area is 108 Å². The molecule has 0 aliphatic rings. The maximum absolute atomic E-state index is 12.3. The van der Waals surface area contributed by atoms with Crippen LogP contribution in [0.2, 0.25) is 0 Å². The van der Waals surface area contributed by atoms with Crippen LogP contribution >= 0.6 is 0 Å². The molecule has 0 bridgehead atoms. The number of Topliss-reactive ketones (excluding diaryl/α,β-unsaturated/α-hetero) is 1. The van der Waals surface area contributed by atoms with Crippen molar-refractivity contribution in [3.05, 3.63) is 36.0 Å². The second-order valence-electron chi connectivity index (χ2n) is 4.54. The molecule has 18 heavy (non-hydrogen) atoms. The van der Waals surface area contributed by atoms with E-state index in [2.05, 4.69) is 23.7 Å². The molecular weight excluding hydrogens is 224 g/mol. The van der Waals surface area contributed by atoms with Crippen LogP contribution in [0.15, 0.2) is 30.5 Å². The number of aromatic nitrogens is 1. The summed E-state index contributed by atoms with van der Waals surface area (Å²) in [6.45, 7) is 6.63. The van der Waals surface area contributed by atoms with Crippen molar-refractivity contribution in [3.63, 3.8) is 0 Å². The van der Waals surface area contributed by atoms with Gasteiger partial charge in [0, 0.05) is 22.7 Å². The normalized spacial score (nSPS) is 11.3. The van der Waals surface area contributed by atoms with Gasteiger partial charge in [-0.15, -0.1) is 0 Å². The highest BCUT2D eigenvalue weighted by Crippen LogP contribution is 2.18. The third kappa shape index (κ3) is 2.62. The molecule has 0 unspecified atom stereocenters. The summed E-state index contributed by atoms with van der Waals surface area (Å²) in [5.74, 6) is 0.197. The van der Waals surface area contributed by atoms with Crippen molar-refractivity contribution in [1.82, 2.24) is 9.88 Å². The highest BCUT2D eigenvalue weighted by Gasteiger charge is 2.14. The van der Waals surface area contributed by atoms with Crippen LogP contribution < -0.4 is 0 Å². The molecule has 0 aliphatic carbocycles. The average Bonchev–Trinajstić information content (AvgIpc) is 2.82. The summed E-state index contributed by atoms with van der Waals surface area (Å²) in [5.41, 5.74) is 1.83. The highest BCUT2D eigenvalue weighted by atomic mass is 16.1. The van der Waals surface area contributed by atoms with E-state index in [1.54, 1.807) is 0 Å². The lowest BCUT2D eigenvalue weighted by atomic mass is 10.1. The van der Waals surface area contributed by atoms with E-state index in [-0.39, 0.29) is 5.78 Å². The molecule has 2 aromatic rings. The maximum Gasteiger partial charge on any atom is 0.178 e. The Morgan fingerprint density at radius 2 is 2.06 bits per heavy atom. The number of benzene rings is 1. The molecule has 0 aliphatic heterocycles. The fraction of sp³-hybridized carbons (Fsp3) is 0.400. The number of carbonyl (C=O) groups is 1. The summed E-state index contributed by atoms with van der Waals surface area (Å²) in [6, 6.07) is 7.93. The molecule has 0 amide bonds. The molecule has 0 saturated carbocycles. The van der Waals surface area contributed by atoms with Crippen LogP contribution in [0.1, 0.15) is 30.6 Å². The van der Waals surface area contributed by atoms with Gasteiger partial charge in [0.1, 0.15) is 0 Å². The minimum absolute atomic E-state index is 0.197. The third-order valence-electron chi connectivity index (χ3n) is 3.24. The number of fused-ring (bicyclic) bond motifs is 1. The third-order valence-corrected chi connectivity index (χ3v) is 3.24. The van der Waals surface area contributed by atoms with Crippen molar-refractivity contribution in [2.24, 2.45) is 0 Å². The van der Waals surface area contributed by atoms with Crippen molar-refractivity contribution in [2.45, 2.75) is 20.3 Å². The van der Waals surface area contributed by atoms with E-state index in [0.717, 1.165) is 36.0 Å². The molecule has 3 nitrogen and oxygen atoms in total. The molecule has 1 N–H and O–H groups in total. The molecule has 96 valence electrons. The van der Waals surface area contributed by atoms with Gasteiger partial charge in [-0.2, -0.15) is 0 Å². The van der Waals surface area contributed by atoms with Crippen molar-refractivity contribution < 1.29 is 4.79 Å². The number of rotatable bonds is 6. The molecule has 0 saturated heterocycles. The van der Waals surface area contributed by atoms with Crippen LogP contribution in [0, 0.1) is 0 Å². The molecule has 1 heterocycles. The van der Waals surface area contributed by atoms with Crippen molar-refractivity contribution >= 4 is 16.7 Å².